The Labute approximate surface area is 218 Å². The number of anilines is 2. The number of nitrogens with two attached hydrogens (primary N) is 2. The first-order valence-corrected chi connectivity index (χ1v) is 10.7. The fourth-order valence-corrected chi connectivity index (χ4v) is 3.40. The van der Waals surface area contributed by atoms with Gasteiger partial charge in [0, 0.05) is 5.56 Å². The molecule has 11 heteroatoms. The maximum Gasteiger partial charge on any atom is 0.337 e. The van der Waals surface area contributed by atoms with Gasteiger partial charge >= 0.3 is 11.9 Å². The summed E-state index contributed by atoms with van der Waals surface area (Å²) < 4.78 is 1.39. The van der Waals surface area contributed by atoms with Gasteiger partial charge in [-0.2, -0.15) is 5.10 Å². The van der Waals surface area contributed by atoms with Crippen molar-refractivity contribution in [1.82, 2.24) is 9.78 Å². The molecule has 0 atom stereocenters. The summed E-state index contributed by atoms with van der Waals surface area (Å²) in [5.41, 5.74) is 12.3. The number of carboxylic acid groups (broad SMARTS) is 2. The highest BCUT2D eigenvalue weighted by Gasteiger charge is 2.19. The van der Waals surface area contributed by atoms with Crippen LogP contribution in [0.3, 0.4) is 0 Å². The number of nitrogens with one attached hydrogen (secondary N) is 1. The Kier molecular flexibility index (Phi) is 9.53. The van der Waals surface area contributed by atoms with Crippen LogP contribution in [0, 0.1) is 13.8 Å². The van der Waals surface area contributed by atoms with Crippen LogP contribution in [0.4, 0.5) is 11.5 Å². The third-order valence-electron chi connectivity index (χ3n) is 5.33. The number of aromatic carboxylic acids is 2. The largest absolute Gasteiger partial charge is 0.478 e. The van der Waals surface area contributed by atoms with Gasteiger partial charge < -0.3 is 21.4 Å². The lowest BCUT2D eigenvalue weighted by molar-refractivity contribution is 0.0686. The third-order valence-corrected chi connectivity index (χ3v) is 5.33. The number of aromatic nitrogens is 2. The van der Waals surface area contributed by atoms with Crippen molar-refractivity contribution in [2.45, 2.75) is 13.8 Å². The van der Waals surface area contributed by atoms with Gasteiger partial charge in [-0.1, -0.05) is 42.5 Å². The van der Waals surface area contributed by atoms with Crippen molar-refractivity contribution >= 4 is 41.6 Å². The summed E-state index contributed by atoms with van der Waals surface area (Å²) in [6.07, 6.45) is 1.40. The number of hydrazine groups is 1. The molecule has 1 aromatic heterocycles. The van der Waals surface area contributed by atoms with E-state index in [1.165, 1.54) is 29.1 Å². The predicted molar refractivity (Wildman–Crippen MR) is 143 cm³/mol. The van der Waals surface area contributed by atoms with E-state index in [0.717, 1.165) is 11.1 Å². The van der Waals surface area contributed by atoms with Crippen molar-refractivity contribution in [1.29, 1.82) is 0 Å². The van der Waals surface area contributed by atoms with E-state index in [9.17, 15) is 14.4 Å². The van der Waals surface area contributed by atoms with Crippen LogP contribution in [-0.4, -0.2) is 37.7 Å². The fourth-order valence-electron chi connectivity index (χ4n) is 3.40. The predicted octanol–water partition coefficient (Wildman–Crippen LogP) is 4.09. The Hall–Kier alpha value is -4.67. The van der Waals surface area contributed by atoms with Crippen LogP contribution >= 0.6 is 12.4 Å². The van der Waals surface area contributed by atoms with E-state index in [1.54, 1.807) is 42.5 Å². The number of benzene rings is 3. The molecular formula is C26H26ClN5O5. The van der Waals surface area contributed by atoms with Crippen LogP contribution < -0.4 is 17.0 Å². The highest BCUT2D eigenvalue weighted by atomic mass is 35.5. The Morgan fingerprint density at radius 3 is 2.14 bits per heavy atom. The van der Waals surface area contributed by atoms with Gasteiger partial charge in [-0.3, -0.25) is 10.6 Å². The average molecular weight is 524 g/mol. The second-order valence-electron chi connectivity index (χ2n) is 7.86. The van der Waals surface area contributed by atoms with Gasteiger partial charge in [0.1, 0.15) is 5.82 Å². The zero-order chi connectivity index (χ0) is 26.4. The van der Waals surface area contributed by atoms with Gasteiger partial charge in [0.05, 0.1) is 34.3 Å². The fraction of sp³-hybridized carbons (Fsp3) is 0.0769. The second kappa shape index (κ2) is 12.3. The number of ketones is 1. The van der Waals surface area contributed by atoms with Crippen LogP contribution in [0.2, 0.25) is 0 Å². The summed E-state index contributed by atoms with van der Waals surface area (Å²) >= 11 is 0. The molecule has 0 saturated heterocycles. The van der Waals surface area contributed by atoms with Gasteiger partial charge in [0.15, 0.2) is 5.78 Å². The summed E-state index contributed by atoms with van der Waals surface area (Å²) in [4.78, 5) is 34.3. The molecule has 0 radical (unpaired) electrons. The normalized spacial score (nSPS) is 9.92. The van der Waals surface area contributed by atoms with Gasteiger partial charge in [0.25, 0.3) is 0 Å². The maximum atomic E-state index is 12.5. The molecule has 0 amide bonds. The van der Waals surface area contributed by atoms with Gasteiger partial charge in [-0.15, -0.1) is 12.4 Å². The highest BCUT2D eigenvalue weighted by Crippen LogP contribution is 2.23. The van der Waals surface area contributed by atoms with Crippen LogP contribution in [-0.2, 0) is 0 Å². The zero-order valence-electron chi connectivity index (χ0n) is 20.0. The van der Waals surface area contributed by atoms with E-state index in [1.807, 2.05) is 19.9 Å². The molecule has 0 saturated carbocycles. The Morgan fingerprint density at radius 1 is 0.865 bits per heavy atom. The lowest BCUT2D eigenvalue weighted by Gasteiger charge is -2.09. The molecular weight excluding hydrogens is 498 g/mol. The SMILES string of the molecule is Cc1ccc(C(=O)O)c(NN)c1.Cc1ccc(C(=O)O)cc1-n1ncc(C(=O)c2ccccc2)c1N.Cl. The standard InChI is InChI=1S/C18H15N3O3.C8H10N2O2.ClH/c1-11-7-8-13(18(23)24)9-15(11)21-17(19)14(10-20-21)16(22)12-5-3-2-4-6-12;1-5-2-3-6(8(11)12)7(4-5)10-9;/h2-10H,19H2,1H3,(H,23,24);2-4,10H,9H2,1H3,(H,11,12);1H. The minimum atomic E-state index is -1.04. The second-order valence-corrected chi connectivity index (χ2v) is 7.86. The number of nitrogen functional groups attached to an aromatic ring is 2. The average Bonchev–Trinajstić information content (AvgIpc) is 3.25. The minimum Gasteiger partial charge on any atom is -0.478 e. The molecule has 0 aliphatic carbocycles. The first kappa shape index (κ1) is 28.6. The number of rotatable bonds is 6. The van der Waals surface area contributed by atoms with E-state index in [2.05, 4.69) is 10.5 Å². The number of hydrogen-bond acceptors (Lipinski definition) is 7. The molecule has 0 spiro atoms. The molecule has 1 heterocycles. The van der Waals surface area contributed by atoms with Crippen molar-refractivity contribution in [2.75, 3.05) is 11.2 Å². The van der Waals surface area contributed by atoms with Crippen molar-refractivity contribution in [3.63, 3.8) is 0 Å². The number of halogens is 1. The minimum absolute atomic E-state index is 0. The molecule has 0 unspecified atom stereocenters. The molecule has 3 aromatic carbocycles. The Balaban J connectivity index is 0.000000314. The quantitative estimate of drug-likeness (QED) is 0.141. The molecule has 10 nitrogen and oxygen atoms in total. The molecule has 4 aromatic rings. The third kappa shape index (κ3) is 6.51. The summed E-state index contributed by atoms with van der Waals surface area (Å²) in [5.74, 6) is 3.07. The monoisotopic (exact) mass is 523 g/mol. The maximum absolute atomic E-state index is 12.5. The van der Waals surface area contributed by atoms with Gasteiger partial charge in [0.2, 0.25) is 0 Å². The molecule has 37 heavy (non-hydrogen) atoms. The van der Waals surface area contributed by atoms with Gasteiger partial charge in [-0.25, -0.2) is 14.3 Å². The molecule has 0 aliphatic heterocycles. The van der Waals surface area contributed by atoms with Crippen molar-refractivity contribution in [3.05, 3.63) is 106 Å². The summed E-state index contributed by atoms with van der Waals surface area (Å²) in [6, 6.07) is 18.4. The van der Waals surface area contributed by atoms with E-state index in [-0.39, 0.29) is 40.7 Å². The van der Waals surface area contributed by atoms with E-state index in [4.69, 9.17) is 21.8 Å². The lowest BCUT2D eigenvalue weighted by Crippen LogP contribution is -2.11. The summed E-state index contributed by atoms with van der Waals surface area (Å²) in [5, 5.41) is 22.0. The lowest BCUT2D eigenvalue weighted by atomic mass is 10.1. The number of hydrogen-bond donors (Lipinski definition) is 5. The number of nitrogens with zero attached hydrogens (tertiary/aromatic N) is 2. The van der Waals surface area contributed by atoms with Crippen LogP contribution in [0.25, 0.3) is 5.69 Å². The summed E-state index contributed by atoms with van der Waals surface area (Å²) in [7, 11) is 0. The van der Waals surface area contributed by atoms with Gasteiger partial charge in [-0.05, 0) is 49.2 Å². The van der Waals surface area contributed by atoms with E-state index >= 15 is 0 Å². The van der Waals surface area contributed by atoms with Crippen LogP contribution in [0.15, 0.2) is 72.9 Å². The smallest absolute Gasteiger partial charge is 0.337 e. The van der Waals surface area contributed by atoms with E-state index < -0.39 is 11.9 Å². The Bertz CT molecular complexity index is 1440. The van der Waals surface area contributed by atoms with Crippen LogP contribution in [0.5, 0.6) is 0 Å². The van der Waals surface area contributed by atoms with E-state index in [0.29, 0.717) is 16.9 Å². The highest BCUT2D eigenvalue weighted by molar-refractivity contribution is 6.11. The molecule has 0 bridgehead atoms. The number of carbonyl (C=O) groups excluding carboxylic acids is 1. The summed E-state index contributed by atoms with van der Waals surface area (Å²) in [6.45, 7) is 3.69. The Morgan fingerprint density at radius 2 is 1.54 bits per heavy atom. The molecule has 4 rings (SSSR count). The first-order chi connectivity index (χ1) is 17.1. The first-order valence-electron chi connectivity index (χ1n) is 10.7. The van der Waals surface area contributed by atoms with Crippen molar-refractivity contribution < 1.29 is 24.6 Å². The number of carbonyl (C=O) groups is 3. The molecule has 0 aliphatic rings. The number of carboxylic acids is 2. The topological polar surface area (TPSA) is 174 Å². The van der Waals surface area contributed by atoms with Crippen LogP contribution in [0.1, 0.15) is 47.8 Å². The van der Waals surface area contributed by atoms with Crippen molar-refractivity contribution in [2.24, 2.45) is 5.84 Å². The number of aryl methyl sites for hydroxylation is 2. The molecule has 0 fully saturated rings. The zero-order valence-corrected chi connectivity index (χ0v) is 20.8. The molecule has 192 valence electrons. The molecule has 7 N–H and O–H groups in total. The van der Waals surface area contributed by atoms with Crippen molar-refractivity contribution in [3.8, 4) is 5.69 Å².